The first kappa shape index (κ1) is 27.6. The fraction of sp³-hybridized carbons (Fsp3) is 0.167. The van der Waals surface area contributed by atoms with E-state index in [1.165, 1.54) is 34.1 Å². The van der Waals surface area contributed by atoms with Crippen molar-refractivity contribution in [3.05, 3.63) is 58.3 Å². The first-order chi connectivity index (χ1) is 18.1. The average molecular weight is 589 g/mol. The number of thioether (sulfide) groups is 2. The van der Waals surface area contributed by atoms with Gasteiger partial charge in [-0.25, -0.2) is 0 Å². The molecular weight excluding hydrogens is 569 g/mol. The molecule has 0 aromatic heterocycles. The topological polar surface area (TPSA) is 139 Å². The van der Waals surface area contributed by atoms with Gasteiger partial charge in [0.05, 0.1) is 9.81 Å². The number of carbonyl (C=O) groups is 4. The van der Waals surface area contributed by atoms with Gasteiger partial charge in [-0.3, -0.25) is 29.0 Å². The zero-order valence-electron chi connectivity index (χ0n) is 19.5. The first-order valence-corrected chi connectivity index (χ1v) is 13.6. The number of anilines is 2. The van der Waals surface area contributed by atoms with Crippen molar-refractivity contribution in [2.24, 2.45) is 0 Å². The number of phenols is 2. The molecule has 2 saturated heterocycles. The standard InChI is InChI=1S/C24H20N4O6S4/c29-15-5-1-13(2-6-15)25-17(31)9-11-27-21(35)19(37-23(27)33)20-22(36)28(24(34)38-20)12-10-18(32)26-14-3-7-16(30)8-4-14/h1-8,29-30H,9-12H2,(H,25,31)(H,26,32). The number of thiocarbonyl (C=S) groups is 2. The summed E-state index contributed by atoms with van der Waals surface area (Å²) < 4.78 is 0. The summed E-state index contributed by atoms with van der Waals surface area (Å²) in [6.45, 7) is 0.0791. The molecule has 0 saturated carbocycles. The highest BCUT2D eigenvalue weighted by Crippen LogP contribution is 2.43. The van der Waals surface area contributed by atoms with Gasteiger partial charge in [0.1, 0.15) is 21.5 Å². The summed E-state index contributed by atoms with van der Waals surface area (Å²) in [5, 5.41) is 23.3. The molecule has 2 heterocycles. The number of phenolic OH excluding ortho intramolecular Hbond substituents is 2. The van der Waals surface area contributed by atoms with Crippen molar-refractivity contribution in [3.8, 4) is 11.5 Å². The van der Waals surface area contributed by atoms with Gasteiger partial charge in [-0.15, -0.1) is 0 Å². The number of amides is 4. The number of aromatic hydroxyl groups is 2. The molecule has 2 aliphatic heterocycles. The van der Waals surface area contributed by atoms with Crippen molar-refractivity contribution < 1.29 is 29.4 Å². The Labute approximate surface area is 236 Å². The van der Waals surface area contributed by atoms with Crippen LogP contribution in [0.25, 0.3) is 0 Å². The van der Waals surface area contributed by atoms with Gasteiger partial charge in [-0.2, -0.15) is 0 Å². The van der Waals surface area contributed by atoms with Crippen molar-refractivity contribution in [2.45, 2.75) is 12.8 Å². The first-order valence-electron chi connectivity index (χ1n) is 11.1. The summed E-state index contributed by atoms with van der Waals surface area (Å²) in [5.74, 6) is -0.526. The number of carbonyl (C=O) groups excluding carboxylic acids is 4. The van der Waals surface area contributed by atoms with Crippen LogP contribution in [0.15, 0.2) is 58.3 Å². The van der Waals surface area contributed by atoms with E-state index in [4.69, 9.17) is 24.4 Å². The Kier molecular flexibility index (Phi) is 8.66. The van der Waals surface area contributed by atoms with E-state index in [-0.39, 0.29) is 69.7 Å². The van der Waals surface area contributed by atoms with Crippen molar-refractivity contribution >= 4 is 91.6 Å². The number of hydrogen-bond acceptors (Lipinski definition) is 10. The number of rotatable bonds is 8. The van der Waals surface area contributed by atoms with Crippen LogP contribution in [0.2, 0.25) is 0 Å². The summed E-state index contributed by atoms with van der Waals surface area (Å²) in [4.78, 5) is 53.6. The van der Waals surface area contributed by atoms with Gasteiger partial charge < -0.3 is 20.8 Å². The second-order valence-electron chi connectivity index (χ2n) is 8.00. The van der Waals surface area contributed by atoms with Crippen molar-refractivity contribution in [3.63, 3.8) is 0 Å². The maximum Gasteiger partial charge on any atom is 0.291 e. The van der Waals surface area contributed by atoms with E-state index in [0.717, 1.165) is 23.5 Å². The molecule has 196 valence electrons. The quantitative estimate of drug-likeness (QED) is 0.196. The number of benzene rings is 2. The molecule has 2 aromatic carbocycles. The average Bonchev–Trinajstić information content (AvgIpc) is 3.32. The maximum absolute atomic E-state index is 12.6. The van der Waals surface area contributed by atoms with E-state index in [1.807, 2.05) is 0 Å². The van der Waals surface area contributed by atoms with Gasteiger partial charge in [-0.1, -0.05) is 24.4 Å². The van der Waals surface area contributed by atoms with Gasteiger partial charge >= 0.3 is 0 Å². The van der Waals surface area contributed by atoms with E-state index >= 15 is 0 Å². The number of hydrogen-bond donors (Lipinski definition) is 4. The van der Waals surface area contributed by atoms with Crippen LogP contribution in [0.5, 0.6) is 11.5 Å². The molecule has 38 heavy (non-hydrogen) atoms. The smallest absolute Gasteiger partial charge is 0.291 e. The van der Waals surface area contributed by atoms with E-state index in [0.29, 0.717) is 21.2 Å². The second-order valence-corrected chi connectivity index (χ2v) is 10.7. The van der Waals surface area contributed by atoms with E-state index < -0.39 is 0 Å². The van der Waals surface area contributed by atoms with Crippen LogP contribution in [0.1, 0.15) is 12.8 Å². The molecule has 4 rings (SSSR count). The highest BCUT2D eigenvalue weighted by atomic mass is 32.2. The second kappa shape index (κ2) is 11.9. The summed E-state index contributed by atoms with van der Waals surface area (Å²) in [6.07, 6.45) is -0.0383. The molecule has 4 amide bonds. The molecule has 0 bridgehead atoms. The summed E-state index contributed by atoms with van der Waals surface area (Å²) in [5.41, 5.74) is 1.01. The molecule has 0 atom stereocenters. The fourth-order valence-electron chi connectivity index (χ4n) is 3.42. The maximum atomic E-state index is 12.6. The number of nitrogens with zero attached hydrogens (tertiary/aromatic N) is 2. The molecule has 0 aliphatic carbocycles. The Morgan fingerprint density at radius 3 is 1.37 bits per heavy atom. The van der Waals surface area contributed by atoms with Crippen molar-refractivity contribution in [1.29, 1.82) is 0 Å². The lowest BCUT2D eigenvalue weighted by Gasteiger charge is -2.15. The fourth-order valence-corrected chi connectivity index (χ4v) is 6.42. The minimum absolute atomic E-state index is 0.0191. The van der Waals surface area contributed by atoms with E-state index in [2.05, 4.69) is 10.6 Å². The molecular formula is C24H20N4O6S4. The molecule has 2 aromatic rings. The van der Waals surface area contributed by atoms with Crippen LogP contribution in [0, 0.1) is 0 Å². The Bertz CT molecular complexity index is 1260. The van der Waals surface area contributed by atoms with Crippen LogP contribution >= 0.6 is 48.0 Å². The van der Waals surface area contributed by atoms with Crippen molar-refractivity contribution in [2.75, 3.05) is 23.7 Å². The predicted octanol–water partition coefficient (Wildman–Crippen LogP) is 4.66. The highest BCUT2D eigenvalue weighted by Gasteiger charge is 2.41. The van der Waals surface area contributed by atoms with Gasteiger partial charge in [0, 0.05) is 37.3 Å². The lowest BCUT2D eigenvalue weighted by Crippen LogP contribution is -2.32. The minimum Gasteiger partial charge on any atom is -0.508 e. The zero-order valence-corrected chi connectivity index (χ0v) is 22.8. The van der Waals surface area contributed by atoms with Gasteiger partial charge in [0.25, 0.3) is 10.5 Å². The van der Waals surface area contributed by atoms with Crippen molar-refractivity contribution in [1.82, 2.24) is 9.80 Å². The van der Waals surface area contributed by atoms with Crippen LogP contribution in [-0.2, 0) is 9.59 Å². The van der Waals surface area contributed by atoms with Crippen LogP contribution in [-0.4, -0.2) is 65.4 Å². The van der Waals surface area contributed by atoms with Crippen LogP contribution in [0.3, 0.4) is 0 Å². The molecule has 2 aliphatic rings. The Balaban J connectivity index is 1.34. The lowest BCUT2D eigenvalue weighted by molar-refractivity contribution is -0.117. The lowest BCUT2D eigenvalue weighted by atomic mass is 10.3. The largest absolute Gasteiger partial charge is 0.508 e. The summed E-state index contributed by atoms with van der Waals surface area (Å²) >= 11 is 12.6. The molecule has 0 spiro atoms. The molecule has 10 nitrogen and oxygen atoms in total. The summed E-state index contributed by atoms with van der Waals surface area (Å²) in [6, 6.07) is 12.0. The third kappa shape index (κ3) is 6.51. The van der Waals surface area contributed by atoms with Gasteiger partial charge in [0.2, 0.25) is 11.8 Å². The van der Waals surface area contributed by atoms with Crippen LogP contribution in [0.4, 0.5) is 21.0 Å². The Morgan fingerprint density at radius 2 is 1.03 bits per heavy atom. The zero-order chi connectivity index (χ0) is 27.4. The minimum atomic E-state index is -0.377. The molecule has 2 fully saturated rings. The molecule has 4 N–H and O–H groups in total. The molecule has 14 heteroatoms. The Hall–Kier alpha value is -3.46. The molecule has 0 unspecified atom stereocenters. The van der Waals surface area contributed by atoms with E-state index in [1.54, 1.807) is 24.3 Å². The Morgan fingerprint density at radius 1 is 0.684 bits per heavy atom. The number of nitrogens with one attached hydrogen (secondary N) is 2. The SMILES string of the molecule is O=C(CCN1C(=O)SC(=C2SC(=O)N(CCC(=O)Nc3ccc(O)cc3)C2=S)C1=S)Nc1ccc(O)cc1. The normalized spacial score (nSPS) is 17.4. The third-order valence-electron chi connectivity index (χ3n) is 5.33. The van der Waals surface area contributed by atoms with E-state index in [9.17, 15) is 29.4 Å². The molecule has 0 radical (unpaired) electrons. The monoisotopic (exact) mass is 588 g/mol. The third-order valence-corrected chi connectivity index (χ3v) is 8.56. The highest BCUT2D eigenvalue weighted by molar-refractivity contribution is 8.23. The summed E-state index contributed by atoms with van der Waals surface area (Å²) in [7, 11) is 0. The van der Waals surface area contributed by atoms with Gasteiger partial charge in [0.15, 0.2) is 0 Å². The predicted molar refractivity (Wildman–Crippen MR) is 154 cm³/mol. The van der Waals surface area contributed by atoms with Crippen LogP contribution < -0.4 is 10.6 Å². The van der Waals surface area contributed by atoms with Gasteiger partial charge in [-0.05, 0) is 72.1 Å².